The summed E-state index contributed by atoms with van der Waals surface area (Å²) >= 11 is 0. The fraction of sp³-hybridized carbons (Fsp3) is 0.0667. The Bertz CT molecular complexity index is 3140. The van der Waals surface area contributed by atoms with Crippen molar-refractivity contribution in [3.63, 3.8) is 0 Å². The largest absolute Gasteiger partial charge is 0.584 e. The van der Waals surface area contributed by atoms with Gasteiger partial charge in [0.2, 0.25) is 0 Å². The van der Waals surface area contributed by atoms with E-state index in [4.69, 9.17) is 28.0 Å². The molecule has 0 atom stereocenters. The molecule has 338 valence electrons. The predicted molar refractivity (Wildman–Crippen MR) is 272 cm³/mol. The molecule has 1 N–H and O–H groups in total. The number of hydrogen-bond donors (Lipinski definition) is 1. The third-order valence-electron chi connectivity index (χ3n) is 12.0. The monoisotopic (exact) mass is 924 g/mol. The maximum atomic E-state index is 14.7. The first kappa shape index (κ1) is 43.3. The van der Waals surface area contributed by atoms with E-state index in [1.165, 1.54) is 0 Å². The van der Waals surface area contributed by atoms with E-state index < -0.39 is 7.82 Å². The summed E-state index contributed by atoms with van der Waals surface area (Å²) in [5.41, 5.74) is 7.59. The van der Waals surface area contributed by atoms with Crippen LogP contribution in [-0.2, 0) is 31.0 Å². The highest BCUT2D eigenvalue weighted by atomic mass is 31.2. The molecule has 8 nitrogen and oxygen atoms in total. The summed E-state index contributed by atoms with van der Waals surface area (Å²) in [6, 6.07) is 71.0. The number of hydrogen-bond acceptors (Lipinski definition) is 7. The van der Waals surface area contributed by atoms with Gasteiger partial charge in [0.15, 0.2) is 0 Å². The Morgan fingerprint density at radius 3 is 0.971 bits per heavy atom. The Morgan fingerprint density at radius 2 is 0.652 bits per heavy atom. The minimum Gasteiger partial charge on any atom is -0.489 e. The van der Waals surface area contributed by atoms with Gasteiger partial charge in [-0.05, 0) is 91.3 Å². The molecule has 1 heterocycles. The predicted octanol–water partition coefficient (Wildman–Crippen LogP) is 15.2. The van der Waals surface area contributed by atoms with Crippen LogP contribution in [0.5, 0.6) is 34.5 Å². The summed E-state index contributed by atoms with van der Waals surface area (Å²) in [6.45, 7) is 1.25. The standard InChI is InChI=1S/C60H45O8P/c61-69(62)67-59-55(47-29-49(63-37-41-17-5-1-6-18-41)35-50(30-47)64-38-42-19-7-2-8-20-42)33-45-25-13-15-27-53(45)57(59)58-54-28-16-14-26-46(54)34-56(60(58)68-69)48-31-51(65-39-43-21-9-3-10-22-43)36-52(32-48)66-40-44-23-11-4-12-24-44/h1-36H,37-40H2,(H,61,62). The zero-order valence-corrected chi connectivity index (χ0v) is 38.3. The van der Waals surface area contributed by atoms with Crippen molar-refractivity contribution in [3.05, 3.63) is 241 Å². The summed E-state index contributed by atoms with van der Waals surface area (Å²) in [5, 5.41) is 3.35. The zero-order chi connectivity index (χ0) is 46.6. The average molecular weight is 925 g/mol. The lowest BCUT2D eigenvalue weighted by Crippen LogP contribution is -2.01. The second kappa shape index (κ2) is 19.1. The highest BCUT2D eigenvalue weighted by Gasteiger charge is 2.38. The Morgan fingerprint density at radius 1 is 0.362 bits per heavy atom. The first-order valence-corrected chi connectivity index (χ1v) is 24.2. The van der Waals surface area contributed by atoms with Gasteiger partial charge in [-0.15, -0.1) is 0 Å². The molecule has 0 aromatic heterocycles. The molecule has 0 fully saturated rings. The van der Waals surface area contributed by atoms with Gasteiger partial charge < -0.3 is 28.0 Å². The number of phosphoric acid groups is 1. The molecule has 0 bridgehead atoms. The van der Waals surface area contributed by atoms with Crippen molar-refractivity contribution in [1.82, 2.24) is 0 Å². The van der Waals surface area contributed by atoms with E-state index >= 15 is 0 Å². The molecule has 9 heteroatoms. The van der Waals surface area contributed by atoms with E-state index in [1.54, 1.807) is 0 Å². The maximum Gasteiger partial charge on any atom is 0.584 e. The van der Waals surface area contributed by atoms with Crippen molar-refractivity contribution < 1.29 is 37.5 Å². The van der Waals surface area contributed by atoms with E-state index in [9.17, 15) is 9.46 Å². The SMILES string of the molecule is O=P1(O)Oc2c(-c3cc(OCc4ccccc4)cc(OCc4ccccc4)c3)cc3ccccc3c2-c2c(c(-c3cc(OCc4ccccc4)cc(OCc4ccccc4)c3)cc3ccccc23)O1. The quantitative estimate of drug-likeness (QED) is 0.108. The van der Waals surface area contributed by atoms with Crippen molar-refractivity contribution in [2.45, 2.75) is 26.4 Å². The molecule has 0 spiro atoms. The van der Waals surface area contributed by atoms with Crippen LogP contribution in [0.25, 0.3) is 54.9 Å². The van der Waals surface area contributed by atoms with Gasteiger partial charge in [0.1, 0.15) is 60.9 Å². The van der Waals surface area contributed by atoms with Gasteiger partial charge in [-0.1, -0.05) is 170 Å². The summed E-state index contributed by atoms with van der Waals surface area (Å²) < 4.78 is 53.3. The van der Waals surface area contributed by atoms with Crippen LogP contribution < -0.4 is 28.0 Å². The van der Waals surface area contributed by atoms with Gasteiger partial charge in [-0.3, -0.25) is 4.89 Å². The minimum absolute atomic E-state index is 0.182. The molecule has 10 aromatic carbocycles. The lowest BCUT2D eigenvalue weighted by atomic mass is 9.86. The van der Waals surface area contributed by atoms with Crippen LogP contribution in [0, 0.1) is 0 Å². The van der Waals surface area contributed by atoms with Crippen LogP contribution in [0.3, 0.4) is 0 Å². The first-order valence-electron chi connectivity index (χ1n) is 22.7. The van der Waals surface area contributed by atoms with Crippen LogP contribution in [0.1, 0.15) is 22.3 Å². The Kier molecular flexibility index (Phi) is 12.0. The highest BCUT2D eigenvalue weighted by molar-refractivity contribution is 7.48. The van der Waals surface area contributed by atoms with Crippen molar-refractivity contribution in [2.75, 3.05) is 0 Å². The molecule has 69 heavy (non-hydrogen) atoms. The molecule has 0 saturated heterocycles. The Balaban J connectivity index is 1.11. The Hall–Kier alpha value is -8.29. The van der Waals surface area contributed by atoms with Gasteiger partial charge in [-0.25, -0.2) is 4.57 Å². The molecule has 1 aliphatic rings. The topological polar surface area (TPSA) is 92.7 Å². The molecule has 0 amide bonds. The van der Waals surface area contributed by atoms with E-state index in [0.29, 0.717) is 82.8 Å². The van der Waals surface area contributed by atoms with Gasteiger partial charge >= 0.3 is 7.82 Å². The fourth-order valence-corrected chi connectivity index (χ4v) is 9.65. The minimum atomic E-state index is -4.93. The second-order valence-corrected chi connectivity index (χ2v) is 18.1. The van der Waals surface area contributed by atoms with Gasteiger partial charge in [0.05, 0.1) is 0 Å². The normalized spacial score (nSPS) is 12.5. The molecular formula is C60H45O8P. The molecule has 11 rings (SSSR count). The third kappa shape index (κ3) is 9.63. The fourth-order valence-electron chi connectivity index (χ4n) is 8.77. The van der Waals surface area contributed by atoms with Crippen molar-refractivity contribution in [2.24, 2.45) is 0 Å². The van der Waals surface area contributed by atoms with Crippen LogP contribution >= 0.6 is 7.82 Å². The molecular weight excluding hydrogens is 880 g/mol. The highest BCUT2D eigenvalue weighted by Crippen LogP contribution is 2.62. The lowest BCUT2D eigenvalue weighted by molar-refractivity contribution is 0.290. The van der Waals surface area contributed by atoms with Crippen molar-refractivity contribution in [3.8, 4) is 67.9 Å². The molecule has 0 saturated carbocycles. The number of benzene rings is 10. The van der Waals surface area contributed by atoms with Gasteiger partial charge in [-0.2, -0.15) is 0 Å². The van der Waals surface area contributed by atoms with Crippen molar-refractivity contribution >= 4 is 29.4 Å². The number of rotatable bonds is 14. The van der Waals surface area contributed by atoms with Crippen LogP contribution in [-0.4, -0.2) is 4.89 Å². The van der Waals surface area contributed by atoms with Crippen LogP contribution in [0.4, 0.5) is 0 Å². The molecule has 0 radical (unpaired) electrons. The number of phosphoric ester groups is 1. The maximum absolute atomic E-state index is 14.7. The Labute approximate surface area is 400 Å². The van der Waals surface area contributed by atoms with E-state index in [2.05, 4.69) is 0 Å². The number of ether oxygens (including phenoxy) is 4. The molecule has 1 aliphatic heterocycles. The summed E-state index contributed by atoms with van der Waals surface area (Å²) in [4.78, 5) is 12.0. The van der Waals surface area contributed by atoms with Gasteiger partial charge in [0.25, 0.3) is 0 Å². The van der Waals surface area contributed by atoms with E-state index in [0.717, 1.165) is 43.8 Å². The molecule has 0 unspecified atom stereocenters. The zero-order valence-electron chi connectivity index (χ0n) is 37.4. The molecule has 0 aliphatic carbocycles. The van der Waals surface area contributed by atoms with E-state index in [-0.39, 0.29) is 11.5 Å². The van der Waals surface area contributed by atoms with Crippen LogP contribution in [0.15, 0.2) is 218 Å². The number of fused-ring (bicyclic) bond motifs is 7. The molecule has 10 aromatic rings. The summed E-state index contributed by atoms with van der Waals surface area (Å²) in [6.07, 6.45) is 0. The third-order valence-corrected chi connectivity index (χ3v) is 12.9. The van der Waals surface area contributed by atoms with Crippen LogP contribution in [0.2, 0.25) is 0 Å². The first-order chi connectivity index (χ1) is 33.9. The summed E-state index contributed by atoms with van der Waals surface area (Å²) in [5.74, 6) is 2.55. The van der Waals surface area contributed by atoms with E-state index in [1.807, 2.05) is 218 Å². The average Bonchev–Trinajstić information content (AvgIpc) is 3.52. The van der Waals surface area contributed by atoms with Crippen molar-refractivity contribution in [1.29, 1.82) is 0 Å². The van der Waals surface area contributed by atoms with Gasteiger partial charge in [0, 0.05) is 34.4 Å². The lowest BCUT2D eigenvalue weighted by Gasteiger charge is -2.20. The summed E-state index contributed by atoms with van der Waals surface area (Å²) in [7, 11) is -4.93. The smallest absolute Gasteiger partial charge is 0.489 e. The second-order valence-electron chi connectivity index (χ2n) is 16.8.